The Morgan fingerprint density at radius 3 is 0.917 bits per heavy atom. The van der Waals surface area contributed by atoms with Gasteiger partial charge in [0.15, 0.2) is 0 Å². The number of thiophene rings is 2. The molecule has 2 aromatic rings. The van der Waals surface area contributed by atoms with Crippen LogP contribution >= 0.6 is 22.7 Å². The van der Waals surface area contributed by atoms with Crippen LogP contribution in [0.15, 0.2) is 24.3 Å². The molecule has 0 radical (unpaired) electrons. The molecule has 0 nitrogen and oxygen atoms in total. The van der Waals surface area contributed by atoms with Gasteiger partial charge < -0.3 is 0 Å². The molecule has 2 rings (SSSR count). The topological polar surface area (TPSA) is 0 Å². The smallest absolute Gasteiger partial charge is 0.0927 e. The monoisotopic (exact) mass is 426 g/mol. The number of hydrogen-bond donors (Lipinski definition) is 0. The van der Waals surface area contributed by atoms with Crippen molar-refractivity contribution in [1.29, 1.82) is 0 Å². The van der Waals surface area contributed by atoms with Gasteiger partial charge in [-0.1, -0.05) is 89.7 Å². The van der Waals surface area contributed by atoms with E-state index in [0.717, 1.165) is 0 Å². The Bertz CT molecular complexity index is 650. The quantitative estimate of drug-likeness (QED) is 0.617. The number of rotatable bonds is 5. The molecule has 0 bridgehead atoms. The molecular formula is C18H34S2Si4. The van der Waals surface area contributed by atoms with Crippen molar-refractivity contribution in [2.24, 2.45) is 0 Å². The highest BCUT2D eigenvalue weighted by Gasteiger charge is 2.46. The van der Waals surface area contributed by atoms with Crippen molar-refractivity contribution in [2.75, 3.05) is 0 Å². The maximum absolute atomic E-state index is 2.63. The molecule has 134 valence electrons. The van der Waals surface area contributed by atoms with Crippen molar-refractivity contribution < 1.29 is 0 Å². The van der Waals surface area contributed by atoms with E-state index >= 15 is 0 Å². The van der Waals surface area contributed by atoms with Crippen LogP contribution in [0.2, 0.25) is 65.5 Å². The van der Waals surface area contributed by atoms with Gasteiger partial charge in [-0.15, -0.1) is 0 Å². The summed E-state index contributed by atoms with van der Waals surface area (Å²) in [5, 5.41) is 0. The molecule has 0 saturated carbocycles. The van der Waals surface area contributed by atoms with Gasteiger partial charge in [0.2, 0.25) is 0 Å². The molecular weight excluding hydrogens is 393 g/mol. The van der Waals surface area contributed by atoms with Crippen molar-refractivity contribution in [1.82, 2.24) is 0 Å². The summed E-state index contributed by atoms with van der Waals surface area (Å²) in [4.78, 5) is 0. The molecule has 0 unspecified atom stereocenters. The third kappa shape index (κ3) is 3.83. The van der Waals surface area contributed by atoms with Gasteiger partial charge in [0.05, 0.1) is 31.3 Å². The highest BCUT2D eigenvalue weighted by molar-refractivity contribution is 7.60. The third-order valence-corrected chi connectivity index (χ3v) is 36.2. The summed E-state index contributed by atoms with van der Waals surface area (Å²) < 4.78 is 6.83. The van der Waals surface area contributed by atoms with Crippen LogP contribution in [0.1, 0.15) is 0 Å². The Kier molecular flexibility index (Phi) is 5.54. The molecule has 0 aliphatic rings. The normalized spacial score (nSPS) is 14.2. The first-order valence-corrected chi connectivity index (χ1v) is 24.5. The summed E-state index contributed by atoms with van der Waals surface area (Å²) in [5.74, 6) is 0. The highest BCUT2D eigenvalue weighted by Crippen LogP contribution is 2.23. The van der Waals surface area contributed by atoms with Gasteiger partial charge in [0, 0.05) is 0 Å². The minimum atomic E-state index is -1.45. The minimum Gasteiger partial charge on any atom is -0.155 e. The average molecular weight is 427 g/mol. The highest BCUT2D eigenvalue weighted by atomic mass is 32.1. The summed E-state index contributed by atoms with van der Waals surface area (Å²) in [7, 11) is -5.26. The van der Waals surface area contributed by atoms with E-state index in [9.17, 15) is 0 Å². The lowest BCUT2D eigenvalue weighted by Gasteiger charge is -2.37. The Morgan fingerprint density at radius 1 is 0.458 bits per heavy atom. The Labute approximate surface area is 161 Å². The Morgan fingerprint density at radius 2 is 0.708 bits per heavy atom. The molecule has 0 N–H and O–H groups in total. The largest absolute Gasteiger partial charge is 0.155 e. The second kappa shape index (κ2) is 6.46. The first kappa shape index (κ1) is 20.6. The van der Waals surface area contributed by atoms with Gasteiger partial charge >= 0.3 is 0 Å². The summed E-state index contributed by atoms with van der Waals surface area (Å²) >= 11 is 4.30. The van der Waals surface area contributed by atoms with E-state index in [2.05, 4.69) is 112 Å². The molecule has 24 heavy (non-hydrogen) atoms. The molecule has 0 fully saturated rings. The van der Waals surface area contributed by atoms with E-state index in [0.29, 0.717) is 0 Å². The van der Waals surface area contributed by atoms with E-state index in [1.165, 1.54) is 0 Å². The Hall–Kier alpha value is 0.268. The van der Waals surface area contributed by atoms with Crippen LogP contribution in [0.3, 0.4) is 0 Å². The van der Waals surface area contributed by atoms with Gasteiger partial charge in [-0.2, -0.15) is 22.7 Å². The van der Waals surface area contributed by atoms with Gasteiger partial charge in [-0.25, -0.2) is 0 Å². The molecule has 2 aromatic heterocycles. The van der Waals surface area contributed by atoms with Crippen molar-refractivity contribution in [3.05, 3.63) is 24.3 Å². The lowest BCUT2D eigenvalue weighted by Crippen LogP contribution is -2.68. The first-order chi connectivity index (χ1) is 10.7. The van der Waals surface area contributed by atoms with Crippen molar-refractivity contribution in [3.8, 4) is 0 Å². The Balaban J connectivity index is 2.43. The van der Waals surface area contributed by atoms with Crippen LogP contribution in [0.25, 0.3) is 0 Å². The molecule has 0 aromatic carbocycles. The summed E-state index contributed by atoms with van der Waals surface area (Å²) in [6.07, 6.45) is 0. The fraction of sp³-hybridized carbons (Fsp3) is 0.556. The van der Waals surface area contributed by atoms with Crippen molar-refractivity contribution in [3.63, 3.8) is 0 Å². The van der Waals surface area contributed by atoms with E-state index in [-0.39, 0.29) is 0 Å². The van der Waals surface area contributed by atoms with Gasteiger partial charge in [-0.3, -0.25) is 0 Å². The van der Waals surface area contributed by atoms with Crippen molar-refractivity contribution >= 4 is 72.0 Å². The zero-order valence-electron chi connectivity index (χ0n) is 17.1. The van der Waals surface area contributed by atoms with Crippen LogP contribution < -0.4 is 18.0 Å². The van der Waals surface area contributed by atoms with E-state index in [1.807, 2.05) is 0 Å². The van der Waals surface area contributed by atoms with E-state index in [4.69, 9.17) is 0 Å². The van der Waals surface area contributed by atoms with Crippen LogP contribution in [-0.2, 0) is 0 Å². The second-order valence-corrected chi connectivity index (χ2v) is 38.8. The fourth-order valence-electron chi connectivity index (χ4n) is 2.77. The predicted molar refractivity (Wildman–Crippen MR) is 129 cm³/mol. The summed E-state index contributed by atoms with van der Waals surface area (Å²) in [6, 6.07) is 9.89. The van der Waals surface area contributed by atoms with Gasteiger partial charge in [0.1, 0.15) is 0 Å². The second-order valence-electron chi connectivity index (χ2n) is 10.1. The molecule has 0 aliphatic heterocycles. The third-order valence-electron chi connectivity index (χ3n) is 5.48. The lowest BCUT2D eigenvalue weighted by atomic mass is 10.7. The van der Waals surface area contributed by atoms with Gasteiger partial charge in [0.25, 0.3) is 0 Å². The van der Waals surface area contributed by atoms with Crippen molar-refractivity contribution in [2.45, 2.75) is 65.5 Å². The first-order valence-electron chi connectivity index (χ1n) is 8.89. The molecule has 2 heterocycles. The van der Waals surface area contributed by atoms with E-state index < -0.39 is 31.3 Å². The fourth-order valence-corrected chi connectivity index (χ4v) is 23.3. The van der Waals surface area contributed by atoms with Gasteiger partial charge in [-0.05, 0) is 18.0 Å². The molecule has 0 amide bonds. The zero-order chi connectivity index (χ0) is 18.6. The molecule has 0 atom stereocenters. The molecule has 0 saturated heterocycles. The molecule has 0 aliphatic carbocycles. The number of hydrogen-bond acceptors (Lipinski definition) is 2. The zero-order valence-corrected chi connectivity index (χ0v) is 22.8. The SMILES string of the molecule is C[Si](C)(C)c1ccc([Si](C)(C)[Si](C)(C)c2ccc([Si](C)(C)C)s2)s1. The average Bonchev–Trinajstić information content (AvgIpc) is 3.07. The predicted octanol–water partition coefficient (Wildman–Crippen LogP) is 4.51. The van der Waals surface area contributed by atoms with Crippen LogP contribution in [-0.4, -0.2) is 31.3 Å². The van der Waals surface area contributed by atoms with E-state index in [1.54, 1.807) is 18.0 Å². The lowest BCUT2D eigenvalue weighted by molar-refractivity contribution is 1.78. The maximum atomic E-state index is 2.63. The standard InChI is InChI=1S/C18H34S2Si4/c1-21(2,3)15-11-13-17(19-15)23(7,8)24(9,10)18-14-12-16(20-18)22(4,5)6/h11-14H,1-10H3. The van der Waals surface area contributed by atoms with Crippen LogP contribution in [0.4, 0.5) is 0 Å². The molecule has 0 spiro atoms. The summed E-state index contributed by atoms with van der Waals surface area (Å²) in [6.45, 7) is 25.4. The minimum absolute atomic E-state index is 1.19. The molecule has 6 heteroatoms. The maximum Gasteiger partial charge on any atom is 0.0927 e. The summed E-state index contributed by atoms with van der Waals surface area (Å²) in [5.41, 5.74) is 0. The van der Waals surface area contributed by atoms with Crippen LogP contribution in [0, 0.1) is 0 Å². The van der Waals surface area contributed by atoms with Crippen LogP contribution in [0.5, 0.6) is 0 Å².